The maximum Gasteiger partial charge on any atom is 0.322 e. The molecule has 114 valence electrons. The van der Waals surface area contributed by atoms with Crippen LogP contribution in [-0.4, -0.2) is 59.2 Å². The lowest BCUT2D eigenvalue weighted by molar-refractivity contribution is 0.294. The number of ether oxygens (including phenoxy) is 1. The van der Waals surface area contributed by atoms with Crippen molar-refractivity contribution in [3.63, 3.8) is 0 Å². The number of aromatic nitrogens is 3. The van der Waals surface area contributed by atoms with Crippen molar-refractivity contribution in [2.75, 3.05) is 43.9 Å². The topological polar surface area (TPSA) is 75.2 Å². The minimum Gasteiger partial charge on any atom is -0.467 e. The Morgan fingerprint density at radius 1 is 1.10 bits per heavy atom. The molecule has 0 aliphatic rings. The van der Waals surface area contributed by atoms with E-state index in [0.29, 0.717) is 17.9 Å². The molecule has 1 heterocycles. The molecule has 1 unspecified atom stereocenters. The summed E-state index contributed by atoms with van der Waals surface area (Å²) in [5.41, 5.74) is 0. The molecule has 20 heavy (non-hydrogen) atoms. The summed E-state index contributed by atoms with van der Waals surface area (Å²) < 4.78 is 5.09. The largest absolute Gasteiger partial charge is 0.467 e. The Labute approximate surface area is 121 Å². The highest BCUT2D eigenvalue weighted by molar-refractivity contribution is 5.36. The first-order valence-electron chi connectivity index (χ1n) is 7.15. The number of hydrogen-bond donors (Lipinski definition) is 2. The molecule has 1 atom stereocenters. The fourth-order valence-electron chi connectivity index (χ4n) is 1.88. The zero-order valence-corrected chi connectivity index (χ0v) is 13.1. The molecule has 7 nitrogen and oxygen atoms in total. The van der Waals surface area contributed by atoms with Gasteiger partial charge in [-0.25, -0.2) is 0 Å². The van der Waals surface area contributed by atoms with Gasteiger partial charge in [-0.3, -0.25) is 0 Å². The van der Waals surface area contributed by atoms with Crippen LogP contribution in [0.2, 0.25) is 0 Å². The summed E-state index contributed by atoms with van der Waals surface area (Å²) in [5.74, 6) is 1.06. The molecule has 0 bridgehead atoms. The molecular formula is C13H26N6O. The van der Waals surface area contributed by atoms with E-state index in [9.17, 15) is 0 Å². The van der Waals surface area contributed by atoms with Crippen molar-refractivity contribution in [3.05, 3.63) is 0 Å². The predicted molar refractivity (Wildman–Crippen MR) is 81.4 cm³/mol. The number of nitrogens with one attached hydrogen (secondary N) is 2. The van der Waals surface area contributed by atoms with E-state index >= 15 is 0 Å². The van der Waals surface area contributed by atoms with E-state index in [2.05, 4.69) is 51.3 Å². The zero-order chi connectivity index (χ0) is 15.0. The first kappa shape index (κ1) is 16.4. The molecule has 0 aliphatic heterocycles. The van der Waals surface area contributed by atoms with Gasteiger partial charge >= 0.3 is 6.01 Å². The van der Waals surface area contributed by atoms with Crippen LogP contribution in [0.1, 0.15) is 27.7 Å². The predicted octanol–water partition coefficient (Wildman–Crippen LogP) is 1.45. The van der Waals surface area contributed by atoms with E-state index in [-0.39, 0.29) is 6.04 Å². The fourth-order valence-corrected chi connectivity index (χ4v) is 1.88. The highest BCUT2D eigenvalue weighted by atomic mass is 16.5. The van der Waals surface area contributed by atoms with Crippen LogP contribution in [0.25, 0.3) is 0 Å². The van der Waals surface area contributed by atoms with Crippen molar-refractivity contribution in [2.24, 2.45) is 0 Å². The van der Waals surface area contributed by atoms with Crippen LogP contribution in [0.3, 0.4) is 0 Å². The van der Waals surface area contributed by atoms with E-state index in [0.717, 1.165) is 26.2 Å². The molecule has 0 fully saturated rings. The molecule has 2 N–H and O–H groups in total. The van der Waals surface area contributed by atoms with E-state index in [1.54, 1.807) is 7.11 Å². The number of likely N-dealkylation sites (N-methyl/N-ethyl adjacent to an activating group) is 1. The second kappa shape index (κ2) is 8.52. The molecule has 0 spiro atoms. The molecule has 0 radical (unpaired) electrons. The summed E-state index contributed by atoms with van der Waals surface area (Å²) >= 11 is 0. The van der Waals surface area contributed by atoms with E-state index in [1.807, 2.05) is 6.92 Å². The first-order chi connectivity index (χ1) is 9.62. The lowest BCUT2D eigenvalue weighted by Crippen LogP contribution is -2.35. The van der Waals surface area contributed by atoms with E-state index in [1.165, 1.54) is 0 Å². The second-order valence-electron chi connectivity index (χ2n) is 4.53. The Hall–Kier alpha value is -1.63. The molecule has 0 amide bonds. The fraction of sp³-hybridized carbons (Fsp3) is 0.769. The summed E-state index contributed by atoms with van der Waals surface area (Å²) in [6, 6.07) is 0.560. The monoisotopic (exact) mass is 282 g/mol. The van der Waals surface area contributed by atoms with E-state index in [4.69, 9.17) is 4.74 Å². The van der Waals surface area contributed by atoms with Crippen LogP contribution in [0, 0.1) is 0 Å². The third-order valence-electron chi connectivity index (χ3n) is 2.93. The van der Waals surface area contributed by atoms with Crippen LogP contribution in [0.4, 0.5) is 11.9 Å². The van der Waals surface area contributed by atoms with Crippen molar-refractivity contribution >= 4 is 11.9 Å². The molecule has 1 aromatic heterocycles. The standard InChI is InChI=1S/C13H26N6O/c1-6-14-11-16-12(18-13(17-11)20-5)15-10(4)9-19(7-2)8-3/h10H,6-9H2,1-5H3,(H2,14,15,16,17,18). The molecule has 0 aliphatic carbocycles. The van der Waals surface area contributed by atoms with Gasteiger partial charge in [-0.2, -0.15) is 15.0 Å². The van der Waals surface area contributed by atoms with Crippen molar-refractivity contribution in [3.8, 4) is 6.01 Å². The molecule has 1 aromatic rings. The number of hydrogen-bond acceptors (Lipinski definition) is 7. The Bertz CT molecular complexity index is 396. The van der Waals surface area contributed by atoms with Crippen LogP contribution in [0.15, 0.2) is 0 Å². The van der Waals surface area contributed by atoms with Crippen LogP contribution in [-0.2, 0) is 0 Å². The van der Waals surface area contributed by atoms with Gasteiger partial charge in [0.25, 0.3) is 0 Å². The average molecular weight is 282 g/mol. The molecular weight excluding hydrogens is 256 g/mol. The SMILES string of the molecule is CCNc1nc(NC(C)CN(CC)CC)nc(OC)n1. The maximum absolute atomic E-state index is 5.09. The molecule has 0 saturated heterocycles. The third kappa shape index (κ3) is 5.16. The Kier molecular flexibility index (Phi) is 7.00. The summed E-state index contributed by atoms with van der Waals surface area (Å²) in [6.07, 6.45) is 0. The number of rotatable bonds is 9. The Morgan fingerprint density at radius 3 is 2.30 bits per heavy atom. The van der Waals surface area contributed by atoms with Gasteiger partial charge in [0.05, 0.1) is 7.11 Å². The van der Waals surface area contributed by atoms with Gasteiger partial charge in [0.2, 0.25) is 11.9 Å². The van der Waals surface area contributed by atoms with Crippen LogP contribution in [0.5, 0.6) is 6.01 Å². The van der Waals surface area contributed by atoms with Gasteiger partial charge in [-0.1, -0.05) is 13.8 Å². The zero-order valence-electron chi connectivity index (χ0n) is 13.1. The summed E-state index contributed by atoms with van der Waals surface area (Å²) in [7, 11) is 1.55. The average Bonchev–Trinajstić information content (AvgIpc) is 2.44. The maximum atomic E-state index is 5.09. The minimum absolute atomic E-state index is 0.247. The van der Waals surface area contributed by atoms with Crippen molar-refractivity contribution in [2.45, 2.75) is 33.7 Å². The van der Waals surface area contributed by atoms with Gasteiger partial charge in [0.1, 0.15) is 0 Å². The lowest BCUT2D eigenvalue weighted by atomic mass is 10.3. The molecule has 0 saturated carbocycles. The molecule has 0 aromatic carbocycles. The highest BCUT2D eigenvalue weighted by Crippen LogP contribution is 2.11. The third-order valence-corrected chi connectivity index (χ3v) is 2.93. The van der Waals surface area contributed by atoms with Crippen molar-refractivity contribution in [1.82, 2.24) is 19.9 Å². The highest BCUT2D eigenvalue weighted by Gasteiger charge is 2.11. The van der Waals surface area contributed by atoms with Crippen molar-refractivity contribution < 1.29 is 4.74 Å². The number of methoxy groups -OCH3 is 1. The molecule has 1 rings (SSSR count). The number of anilines is 2. The first-order valence-corrected chi connectivity index (χ1v) is 7.15. The lowest BCUT2D eigenvalue weighted by Gasteiger charge is -2.23. The smallest absolute Gasteiger partial charge is 0.322 e. The van der Waals surface area contributed by atoms with Gasteiger partial charge < -0.3 is 20.3 Å². The summed E-state index contributed by atoms with van der Waals surface area (Å²) in [6.45, 7) is 12.2. The second-order valence-corrected chi connectivity index (χ2v) is 4.53. The van der Waals surface area contributed by atoms with Crippen LogP contribution >= 0.6 is 0 Å². The van der Waals surface area contributed by atoms with E-state index < -0.39 is 0 Å². The minimum atomic E-state index is 0.247. The summed E-state index contributed by atoms with van der Waals surface area (Å²) in [5, 5.41) is 6.36. The van der Waals surface area contributed by atoms with Gasteiger partial charge in [-0.05, 0) is 26.9 Å². The molecule has 7 heteroatoms. The summed E-state index contributed by atoms with van der Waals surface area (Å²) in [4.78, 5) is 15.0. The van der Waals surface area contributed by atoms with Crippen LogP contribution < -0.4 is 15.4 Å². The Morgan fingerprint density at radius 2 is 1.75 bits per heavy atom. The van der Waals surface area contributed by atoms with Gasteiger partial charge in [-0.15, -0.1) is 0 Å². The quantitative estimate of drug-likeness (QED) is 0.710. The number of nitrogens with zero attached hydrogens (tertiary/aromatic N) is 4. The Balaban J connectivity index is 2.72. The normalized spacial score (nSPS) is 12.3. The van der Waals surface area contributed by atoms with Crippen molar-refractivity contribution in [1.29, 1.82) is 0 Å². The van der Waals surface area contributed by atoms with Gasteiger partial charge in [0, 0.05) is 19.1 Å². The van der Waals surface area contributed by atoms with Gasteiger partial charge in [0.15, 0.2) is 0 Å².